The first kappa shape index (κ1) is 12.7. The van der Waals surface area contributed by atoms with Crippen molar-refractivity contribution in [2.75, 3.05) is 7.05 Å². The zero-order chi connectivity index (χ0) is 12.2. The molecule has 0 N–H and O–H groups in total. The van der Waals surface area contributed by atoms with Gasteiger partial charge in [-0.05, 0) is 12.5 Å². The van der Waals surface area contributed by atoms with Gasteiger partial charge >= 0.3 is 0 Å². The van der Waals surface area contributed by atoms with Crippen molar-refractivity contribution in [1.82, 2.24) is 4.31 Å². The lowest BCUT2D eigenvalue weighted by atomic mass is 10.2. The number of nitrogens with zero attached hydrogens (tertiary/aromatic N) is 2. The number of benzene rings is 1. The SMILES string of the molecule is C[C@@H](C#N)S(=O)(=O)N(C)Cc1ccccc1. The average molecular weight is 238 g/mol. The summed E-state index contributed by atoms with van der Waals surface area (Å²) >= 11 is 0. The van der Waals surface area contributed by atoms with E-state index in [0.29, 0.717) is 0 Å². The van der Waals surface area contributed by atoms with Gasteiger partial charge in [-0.3, -0.25) is 0 Å². The summed E-state index contributed by atoms with van der Waals surface area (Å²) in [5.74, 6) is 0. The van der Waals surface area contributed by atoms with E-state index in [0.717, 1.165) is 5.56 Å². The fourth-order valence-electron chi connectivity index (χ4n) is 1.27. The zero-order valence-corrected chi connectivity index (χ0v) is 10.1. The Morgan fingerprint density at radius 1 is 1.38 bits per heavy atom. The third-order valence-corrected chi connectivity index (χ3v) is 4.31. The summed E-state index contributed by atoms with van der Waals surface area (Å²) in [5.41, 5.74) is 0.902. The summed E-state index contributed by atoms with van der Waals surface area (Å²) in [4.78, 5) is 0. The van der Waals surface area contributed by atoms with Crippen LogP contribution < -0.4 is 0 Å². The second kappa shape index (κ2) is 5.10. The number of hydrogen-bond donors (Lipinski definition) is 0. The van der Waals surface area contributed by atoms with Crippen LogP contribution in [0, 0.1) is 11.3 Å². The van der Waals surface area contributed by atoms with E-state index < -0.39 is 15.3 Å². The summed E-state index contributed by atoms with van der Waals surface area (Å²) in [6.45, 7) is 1.67. The average Bonchev–Trinajstić information content (AvgIpc) is 2.29. The molecule has 1 rings (SSSR count). The van der Waals surface area contributed by atoms with Crippen molar-refractivity contribution in [3.05, 3.63) is 35.9 Å². The molecule has 0 amide bonds. The van der Waals surface area contributed by atoms with E-state index in [-0.39, 0.29) is 6.54 Å². The van der Waals surface area contributed by atoms with Crippen LogP contribution >= 0.6 is 0 Å². The van der Waals surface area contributed by atoms with Crippen LogP contribution in [0.15, 0.2) is 30.3 Å². The van der Waals surface area contributed by atoms with E-state index in [9.17, 15) is 8.42 Å². The number of rotatable bonds is 4. The topological polar surface area (TPSA) is 61.2 Å². The lowest BCUT2D eigenvalue weighted by molar-refractivity contribution is 0.463. The standard InChI is InChI=1S/C11H14N2O2S/c1-10(8-12)16(14,15)13(2)9-11-6-4-3-5-7-11/h3-7,10H,9H2,1-2H3/t10-/m0/s1. The van der Waals surface area contributed by atoms with Crippen LogP contribution in [0.25, 0.3) is 0 Å². The normalized spacial score (nSPS) is 13.4. The number of nitriles is 1. The lowest BCUT2D eigenvalue weighted by Gasteiger charge is -2.18. The minimum atomic E-state index is -3.52. The second-order valence-corrected chi connectivity index (χ2v) is 5.92. The molecule has 0 aliphatic heterocycles. The Morgan fingerprint density at radius 2 is 1.94 bits per heavy atom. The molecule has 16 heavy (non-hydrogen) atoms. The molecule has 5 heteroatoms. The fraction of sp³-hybridized carbons (Fsp3) is 0.364. The molecule has 0 unspecified atom stereocenters. The van der Waals surface area contributed by atoms with E-state index in [4.69, 9.17) is 5.26 Å². The lowest BCUT2D eigenvalue weighted by Crippen LogP contribution is -2.33. The molecule has 1 aromatic carbocycles. The van der Waals surface area contributed by atoms with Gasteiger partial charge in [-0.1, -0.05) is 30.3 Å². The highest BCUT2D eigenvalue weighted by atomic mass is 32.2. The molecule has 1 aromatic rings. The Balaban J connectivity index is 2.82. The Hall–Kier alpha value is -1.38. The monoisotopic (exact) mass is 238 g/mol. The Morgan fingerprint density at radius 3 is 2.44 bits per heavy atom. The van der Waals surface area contributed by atoms with Crippen molar-refractivity contribution in [2.24, 2.45) is 0 Å². The molecule has 86 valence electrons. The van der Waals surface area contributed by atoms with Crippen molar-refractivity contribution in [2.45, 2.75) is 18.7 Å². The zero-order valence-electron chi connectivity index (χ0n) is 9.29. The van der Waals surface area contributed by atoms with E-state index in [2.05, 4.69) is 0 Å². The van der Waals surface area contributed by atoms with Gasteiger partial charge in [0.15, 0.2) is 5.25 Å². The van der Waals surface area contributed by atoms with Crippen molar-refractivity contribution in [1.29, 1.82) is 5.26 Å². The summed E-state index contributed by atoms with van der Waals surface area (Å²) < 4.78 is 24.7. The third kappa shape index (κ3) is 2.81. The Kier molecular flexibility index (Phi) is 4.05. The number of hydrogen-bond acceptors (Lipinski definition) is 3. The first-order valence-corrected chi connectivity index (χ1v) is 6.37. The molecule has 0 aliphatic carbocycles. The van der Waals surface area contributed by atoms with Gasteiger partial charge in [0, 0.05) is 13.6 Å². The van der Waals surface area contributed by atoms with Gasteiger partial charge in [0.05, 0.1) is 6.07 Å². The Bertz CT molecular complexity index is 476. The maximum absolute atomic E-state index is 11.8. The molecular formula is C11H14N2O2S. The van der Waals surface area contributed by atoms with Gasteiger partial charge in [0.2, 0.25) is 10.0 Å². The van der Waals surface area contributed by atoms with Gasteiger partial charge < -0.3 is 0 Å². The Labute approximate surface area is 96.2 Å². The van der Waals surface area contributed by atoms with E-state index in [1.165, 1.54) is 18.3 Å². The predicted molar refractivity (Wildman–Crippen MR) is 61.9 cm³/mol. The highest BCUT2D eigenvalue weighted by Gasteiger charge is 2.25. The van der Waals surface area contributed by atoms with Crippen LogP contribution in [-0.2, 0) is 16.6 Å². The molecule has 1 atom stereocenters. The fourth-order valence-corrected chi connectivity index (χ4v) is 2.27. The van der Waals surface area contributed by atoms with Crippen LogP contribution in [-0.4, -0.2) is 25.0 Å². The largest absolute Gasteiger partial charge is 0.230 e. The molecule has 0 radical (unpaired) electrons. The van der Waals surface area contributed by atoms with Crippen LogP contribution in [0.4, 0.5) is 0 Å². The highest BCUT2D eigenvalue weighted by Crippen LogP contribution is 2.10. The minimum Gasteiger partial charge on any atom is -0.211 e. The maximum atomic E-state index is 11.8. The molecule has 0 fully saturated rings. The molecule has 0 aromatic heterocycles. The first-order valence-electron chi connectivity index (χ1n) is 4.87. The molecule has 4 nitrogen and oxygen atoms in total. The van der Waals surface area contributed by atoms with Crippen molar-refractivity contribution >= 4 is 10.0 Å². The molecule has 0 saturated carbocycles. The summed E-state index contributed by atoms with van der Waals surface area (Å²) in [6, 6.07) is 11.0. The van der Waals surface area contributed by atoms with E-state index >= 15 is 0 Å². The van der Waals surface area contributed by atoms with E-state index in [1.807, 2.05) is 30.3 Å². The first-order chi connectivity index (χ1) is 7.48. The quantitative estimate of drug-likeness (QED) is 0.795. The molecular weight excluding hydrogens is 224 g/mol. The summed E-state index contributed by atoms with van der Waals surface area (Å²) in [5, 5.41) is 7.62. The molecule has 0 heterocycles. The molecule has 0 aliphatic rings. The van der Waals surface area contributed by atoms with E-state index in [1.54, 1.807) is 6.07 Å². The van der Waals surface area contributed by atoms with Crippen LogP contribution in [0.3, 0.4) is 0 Å². The van der Waals surface area contributed by atoms with Gasteiger partial charge in [-0.2, -0.15) is 9.57 Å². The van der Waals surface area contributed by atoms with Crippen LogP contribution in [0.2, 0.25) is 0 Å². The van der Waals surface area contributed by atoms with Gasteiger partial charge in [-0.15, -0.1) is 0 Å². The van der Waals surface area contributed by atoms with Crippen molar-refractivity contribution < 1.29 is 8.42 Å². The minimum absolute atomic E-state index is 0.287. The maximum Gasteiger partial charge on any atom is 0.230 e. The van der Waals surface area contributed by atoms with Crippen molar-refractivity contribution in [3.63, 3.8) is 0 Å². The molecule has 0 bridgehead atoms. The second-order valence-electron chi connectivity index (χ2n) is 3.56. The van der Waals surface area contributed by atoms with Gasteiger partial charge in [0.25, 0.3) is 0 Å². The predicted octanol–water partition coefficient (Wildman–Crippen LogP) is 1.36. The van der Waals surface area contributed by atoms with Crippen LogP contribution in [0.5, 0.6) is 0 Å². The smallest absolute Gasteiger partial charge is 0.211 e. The van der Waals surface area contributed by atoms with Gasteiger partial charge in [0.1, 0.15) is 0 Å². The molecule has 0 saturated heterocycles. The highest BCUT2D eigenvalue weighted by molar-refractivity contribution is 7.89. The summed E-state index contributed by atoms with van der Waals surface area (Å²) in [6.07, 6.45) is 0. The van der Waals surface area contributed by atoms with Crippen LogP contribution in [0.1, 0.15) is 12.5 Å². The summed E-state index contributed by atoms with van der Waals surface area (Å²) in [7, 11) is -2.03. The van der Waals surface area contributed by atoms with Gasteiger partial charge in [-0.25, -0.2) is 8.42 Å². The molecule has 0 spiro atoms. The third-order valence-electron chi connectivity index (χ3n) is 2.31. The van der Waals surface area contributed by atoms with Crippen molar-refractivity contribution in [3.8, 4) is 6.07 Å². The number of sulfonamides is 1.